The number of carbonyl (C=O) groups excluding carboxylic acids is 1. The predicted octanol–water partition coefficient (Wildman–Crippen LogP) is 3.34. The summed E-state index contributed by atoms with van der Waals surface area (Å²) < 4.78 is 0. The molecule has 0 bridgehead atoms. The van der Waals surface area contributed by atoms with Crippen LogP contribution in [-0.4, -0.2) is 33.3 Å². The van der Waals surface area contributed by atoms with Gasteiger partial charge in [0.15, 0.2) is 0 Å². The van der Waals surface area contributed by atoms with Crippen LogP contribution >= 0.6 is 0 Å². The molecule has 0 aromatic carbocycles. The Morgan fingerprint density at radius 2 is 2.18 bits per heavy atom. The fourth-order valence-electron chi connectivity index (χ4n) is 3.02. The summed E-state index contributed by atoms with van der Waals surface area (Å²) in [4.78, 5) is 29.1. The highest BCUT2D eigenvalue weighted by molar-refractivity contribution is 5.96. The Hall–Kier alpha value is -1.98. The van der Waals surface area contributed by atoms with Crippen LogP contribution in [0.5, 0.6) is 0 Å². The lowest BCUT2D eigenvalue weighted by Gasteiger charge is -2.30. The molecule has 0 N–H and O–H groups in total. The maximum Gasteiger partial charge on any atom is 0.288 e. The molecule has 6 nitrogen and oxygen atoms in total. The molecule has 22 heavy (non-hydrogen) atoms. The Labute approximate surface area is 130 Å². The van der Waals surface area contributed by atoms with Gasteiger partial charge in [0, 0.05) is 18.7 Å². The minimum absolute atomic E-state index is 0.138. The van der Waals surface area contributed by atoms with E-state index >= 15 is 0 Å². The molecule has 6 heteroatoms. The zero-order chi connectivity index (χ0) is 16.5. The minimum atomic E-state index is -0.514. The van der Waals surface area contributed by atoms with Crippen LogP contribution in [0.1, 0.15) is 56.1 Å². The fraction of sp³-hybridized carbons (Fsp3) is 0.625. The van der Waals surface area contributed by atoms with Gasteiger partial charge in [0.2, 0.25) is 0 Å². The molecule has 1 aromatic rings. The van der Waals surface area contributed by atoms with Gasteiger partial charge < -0.3 is 4.90 Å². The molecule has 2 heterocycles. The van der Waals surface area contributed by atoms with E-state index in [4.69, 9.17) is 0 Å². The SMILES string of the molecule is Cc1ncc([N+](=O)[O-])cc1C(=O)N1CCCC1CC(C)(C)C. The van der Waals surface area contributed by atoms with Gasteiger partial charge in [-0.15, -0.1) is 0 Å². The van der Waals surface area contributed by atoms with Crippen LogP contribution < -0.4 is 0 Å². The molecule has 1 aliphatic heterocycles. The normalized spacial score (nSPS) is 18.5. The first-order valence-corrected chi connectivity index (χ1v) is 7.61. The van der Waals surface area contributed by atoms with E-state index in [1.165, 1.54) is 12.3 Å². The van der Waals surface area contributed by atoms with Gasteiger partial charge in [-0.25, -0.2) is 0 Å². The Bertz CT molecular complexity index is 593. The van der Waals surface area contributed by atoms with Crippen LogP contribution in [0.15, 0.2) is 12.3 Å². The average Bonchev–Trinajstić information content (AvgIpc) is 2.84. The molecule has 1 saturated heterocycles. The third-order valence-electron chi connectivity index (χ3n) is 4.00. The van der Waals surface area contributed by atoms with E-state index in [0.717, 1.165) is 19.3 Å². The maximum absolute atomic E-state index is 12.8. The smallest absolute Gasteiger partial charge is 0.288 e. The van der Waals surface area contributed by atoms with Gasteiger partial charge in [-0.1, -0.05) is 20.8 Å². The lowest BCUT2D eigenvalue weighted by molar-refractivity contribution is -0.385. The number of hydrogen-bond acceptors (Lipinski definition) is 4. The molecule has 2 rings (SSSR count). The third kappa shape index (κ3) is 3.61. The number of hydrogen-bond donors (Lipinski definition) is 0. The minimum Gasteiger partial charge on any atom is -0.336 e. The van der Waals surface area contributed by atoms with E-state index in [1.54, 1.807) is 6.92 Å². The fourth-order valence-corrected chi connectivity index (χ4v) is 3.02. The highest BCUT2D eigenvalue weighted by Gasteiger charge is 2.33. The first-order chi connectivity index (χ1) is 10.2. The first kappa shape index (κ1) is 16.4. The van der Waals surface area contributed by atoms with Gasteiger partial charge in [-0.2, -0.15) is 0 Å². The summed E-state index contributed by atoms with van der Waals surface area (Å²) in [5, 5.41) is 10.9. The Kier molecular flexibility index (Phi) is 4.49. The monoisotopic (exact) mass is 305 g/mol. The zero-order valence-corrected chi connectivity index (χ0v) is 13.6. The number of aromatic nitrogens is 1. The van der Waals surface area contributed by atoms with Gasteiger partial charge in [0.25, 0.3) is 11.6 Å². The van der Waals surface area contributed by atoms with Crippen molar-refractivity contribution in [2.24, 2.45) is 5.41 Å². The number of nitro groups is 1. The number of amides is 1. The number of pyridine rings is 1. The van der Waals surface area contributed by atoms with Crippen molar-refractivity contribution in [3.8, 4) is 0 Å². The van der Waals surface area contributed by atoms with Gasteiger partial charge in [-0.3, -0.25) is 19.9 Å². The Morgan fingerprint density at radius 3 is 2.77 bits per heavy atom. The first-order valence-electron chi connectivity index (χ1n) is 7.61. The topological polar surface area (TPSA) is 76.3 Å². The molecule has 0 radical (unpaired) electrons. The predicted molar refractivity (Wildman–Crippen MR) is 83.8 cm³/mol. The molecule has 0 spiro atoms. The quantitative estimate of drug-likeness (QED) is 0.634. The number of aryl methyl sites for hydroxylation is 1. The molecule has 1 amide bonds. The summed E-state index contributed by atoms with van der Waals surface area (Å²) in [6.45, 7) is 8.91. The standard InChI is InChI=1S/C16H23N3O3/c1-11-14(8-13(10-17-11)19(21)22)15(20)18-7-5-6-12(18)9-16(2,3)4/h8,10,12H,5-7,9H2,1-4H3. The van der Waals surface area contributed by atoms with E-state index in [9.17, 15) is 14.9 Å². The summed E-state index contributed by atoms with van der Waals surface area (Å²) in [7, 11) is 0. The molecule has 1 aromatic heterocycles. The Morgan fingerprint density at radius 1 is 1.50 bits per heavy atom. The van der Waals surface area contributed by atoms with Crippen molar-refractivity contribution >= 4 is 11.6 Å². The van der Waals surface area contributed by atoms with Crippen LogP contribution in [0.3, 0.4) is 0 Å². The van der Waals surface area contributed by atoms with Crippen LogP contribution in [0.2, 0.25) is 0 Å². The van der Waals surface area contributed by atoms with Crippen molar-refractivity contribution in [2.45, 2.75) is 53.0 Å². The van der Waals surface area contributed by atoms with E-state index in [-0.39, 0.29) is 23.1 Å². The second-order valence-corrected chi connectivity index (χ2v) is 7.14. The van der Waals surface area contributed by atoms with Crippen molar-refractivity contribution in [3.05, 3.63) is 33.6 Å². The van der Waals surface area contributed by atoms with Crippen LogP contribution in [0.25, 0.3) is 0 Å². The van der Waals surface area contributed by atoms with E-state index in [2.05, 4.69) is 25.8 Å². The second-order valence-electron chi connectivity index (χ2n) is 7.14. The number of carbonyl (C=O) groups is 1. The second kappa shape index (κ2) is 6.02. The van der Waals surface area contributed by atoms with Crippen molar-refractivity contribution < 1.29 is 9.72 Å². The van der Waals surface area contributed by atoms with Crippen LogP contribution in [-0.2, 0) is 0 Å². The number of likely N-dealkylation sites (tertiary alicyclic amines) is 1. The van der Waals surface area contributed by atoms with Gasteiger partial charge in [-0.05, 0) is 31.6 Å². The van der Waals surface area contributed by atoms with E-state index in [0.29, 0.717) is 17.8 Å². The van der Waals surface area contributed by atoms with E-state index < -0.39 is 4.92 Å². The third-order valence-corrected chi connectivity index (χ3v) is 4.00. The Balaban J connectivity index is 2.27. The van der Waals surface area contributed by atoms with Gasteiger partial charge in [0.1, 0.15) is 6.20 Å². The summed E-state index contributed by atoms with van der Waals surface area (Å²) in [5.74, 6) is -0.138. The number of nitrogens with zero attached hydrogens (tertiary/aromatic N) is 3. The van der Waals surface area contributed by atoms with Crippen molar-refractivity contribution in [1.82, 2.24) is 9.88 Å². The highest BCUT2D eigenvalue weighted by atomic mass is 16.6. The lowest BCUT2D eigenvalue weighted by Crippen LogP contribution is -2.38. The molecule has 1 aliphatic rings. The molecule has 1 fully saturated rings. The van der Waals surface area contributed by atoms with Crippen molar-refractivity contribution in [2.75, 3.05) is 6.54 Å². The maximum atomic E-state index is 12.8. The molecule has 0 saturated carbocycles. The summed E-state index contributed by atoms with van der Waals surface area (Å²) in [5.41, 5.74) is 0.885. The molecular formula is C16H23N3O3. The largest absolute Gasteiger partial charge is 0.336 e. The molecular weight excluding hydrogens is 282 g/mol. The van der Waals surface area contributed by atoms with Gasteiger partial charge >= 0.3 is 0 Å². The van der Waals surface area contributed by atoms with Crippen molar-refractivity contribution in [1.29, 1.82) is 0 Å². The highest BCUT2D eigenvalue weighted by Crippen LogP contribution is 2.31. The van der Waals surface area contributed by atoms with Gasteiger partial charge in [0.05, 0.1) is 16.2 Å². The molecule has 1 atom stereocenters. The summed E-state index contributed by atoms with van der Waals surface area (Å²) in [6, 6.07) is 1.54. The van der Waals surface area contributed by atoms with Crippen LogP contribution in [0, 0.1) is 22.5 Å². The zero-order valence-electron chi connectivity index (χ0n) is 13.6. The summed E-state index contributed by atoms with van der Waals surface area (Å²) in [6.07, 6.45) is 4.10. The average molecular weight is 305 g/mol. The molecule has 1 unspecified atom stereocenters. The summed E-state index contributed by atoms with van der Waals surface area (Å²) >= 11 is 0. The van der Waals surface area contributed by atoms with Crippen molar-refractivity contribution in [3.63, 3.8) is 0 Å². The van der Waals surface area contributed by atoms with Crippen LogP contribution in [0.4, 0.5) is 5.69 Å². The lowest BCUT2D eigenvalue weighted by atomic mass is 9.87. The number of rotatable bonds is 3. The molecule has 120 valence electrons. The molecule has 0 aliphatic carbocycles. The van der Waals surface area contributed by atoms with E-state index in [1.807, 2.05) is 4.90 Å².